The van der Waals surface area contributed by atoms with Crippen LogP contribution in [-0.2, 0) is 11.2 Å². The average Bonchev–Trinajstić information content (AvgIpc) is 2.77. The Labute approximate surface area is 114 Å². The first-order valence-corrected chi connectivity index (χ1v) is 7.06. The highest BCUT2D eigenvalue weighted by Gasteiger charge is 2.26. The maximum absolute atomic E-state index is 11.4. The molecule has 0 saturated heterocycles. The summed E-state index contributed by atoms with van der Waals surface area (Å²) in [5.41, 5.74) is 9.46. The molecule has 2 unspecified atom stereocenters. The minimum absolute atomic E-state index is 0.0872. The lowest BCUT2D eigenvalue weighted by atomic mass is 9.89. The Morgan fingerprint density at radius 1 is 1.32 bits per heavy atom. The first kappa shape index (κ1) is 12.5. The number of anilines is 2. The second-order valence-corrected chi connectivity index (χ2v) is 5.69. The molecule has 1 aliphatic carbocycles. The number of nitrogens with two attached hydrogens (primary N) is 1. The normalized spacial score (nSPS) is 25.9. The molecule has 1 saturated carbocycles. The first-order chi connectivity index (χ1) is 9.15. The number of benzene rings is 1. The molecule has 0 radical (unpaired) electrons. The summed E-state index contributed by atoms with van der Waals surface area (Å²) in [7, 11) is 2.11. The van der Waals surface area contributed by atoms with Crippen molar-refractivity contribution in [2.24, 2.45) is 5.73 Å². The van der Waals surface area contributed by atoms with E-state index in [1.807, 2.05) is 6.07 Å². The van der Waals surface area contributed by atoms with Crippen LogP contribution in [0, 0.1) is 0 Å². The molecule has 3 N–H and O–H groups in total. The van der Waals surface area contributed by atoms with Gasteiger partial charge in [-0.05, 0) is 36.6 Å². The highest BCUT2D eigenvalue weighted by atomic mass is 16.1. The number of nitrogens with zero attached hydrogens (tertiary/aromatic N) is 1. The highest BCUT2D eigenvalue weighted by Crippen LogP contribution is 2.30. The molecule has 1 amide bonds. The Bertz CT molecular complexity index is 500. The van der Waals surface area contributed by atoms with Crippen molar-refractivity contribution in [1.82, 2.24) is 0 Å². The minimum Gasteiger partial charge on any atom is -0.370 e. The van der Waals surface area contributed by atoms with Crippen molar-refractivity contribution < 1.29 is 4.79 Å². The van der Waals surface area contributed by atoms with Crippen LogP contribution in [0.2, 0.25) is 0 Å². The van der Waals surface area contributed by atoms with Crippen molar-refractivity contribution in [2.75, 3.05) is 17.3 Å². The number of nitrogens with one attached hydrogen (secondary N) is 1. The molecule has 1 aliphatic heterocycles. The molecule has 1 aromatic carbocycles. The molecule has 4 heteroatoms. The molecule has 102 valence electrons. The predicted octanol–water partition coefficient (Wildman–Crippen LogP) is 1.89. The molecule has 1 fully saturated rings. The standard InChI is InChI=1S/C15H21N3O/c1-18(14-5-3-2-4-12(14)16)11-6-7-13-10(8-11)9-15(19)17-13/h6-8,12,14H,2-5,9,16H2,1H3,(H,17,19). The summed E-state index contributed by atoms with van der Waals surface area (Å²) in [6.45, 7) is 0. The van der Waals surface area contributed by atoms with Crippen LogP contribution in [0.15, 0.2) is 18.2 Å². The van der Waals surface area contributed by atoms with Gasteiger partial charge >= 0.3 is 0 Å². The van der Waals surface area contributed by atoms with E-state index in [9.17, 15) is 4.79 Å². The summed E-state index contributed by atoms with van der Waals surface area (Å²) in [6.07, 6.45) is 5.27. The Morgan fingerprint density at radius 2 is 2.11 bits per heavy atom. The van der Waals surface area contributed by atoms with E-state index in [4.69, 9.17) is 5.73 Å². The number of fused-ring (bicyclic) bond motifs is 1. The van der Waals surface area contributed by atoms with Crippen molar-refractivity contribution in [3.63, 3.8) is 0 Å². The van der Waals surface area contributed by atoms with E-state index in [-0.39, 0.29) is 11.9 Å². The largest absolute Gasteiger partial charge is 0.370 e. The lowest BCUT2D eigenvalue weighted by Gasteiger charge is -2.37. The quantitative estimate of drug-likeness (QED) is 0.852. The lowest BCUT2D eigenvalue weighted by molar-refractivity contribution is -0.115. The summed E-state index contributed by atoms with van der Waals surface area (Å²) in [5.74, 6) is 0.0872. The number of carbonyl (C=O) groups is 1. The number of likely N-dealkylation sites (N-methyl/N-ethyl adjacent to an activating group) is 1. The maximum Gasteiger partial charge on any atom is 0.228 e. The van der Waals surface area contributed by atoms with Crippen LogP contribution in [0.25, 0.3) is 0 Å². The Kier molecular flexibility index (Phi) is 3.19. The van der Waals surface area contributed by atoms with Crippen molar-refractivity contribution in [3.8, 4) is 0 Å². The molecule has 2 aliphatic rings. The van der Waals surface area contributed by atoms with E-state index in [0.29, 0.717) is 12.5 Å². The molecular formula is C15H21N3O. The fourth-order valence-corrected chi connectivity index (χ4v) is 3.25. The number of carbonyl (C=O) groups excluding carboxylic acids is 1. The van der Waals surface area contributed by atoms with Crippen LogP contribution < -0.4 is 16.0 Å². The SMILES string of the molecule is CN(c1ccc2c(c1)CC(=O)N2)C1CCCCC1N. The second-order valence-electron chi connectivity index (χ2n) is 5.69. The molecule has 1 heterocycles. The van der Waals surface area contributed by atoms with Gasteiger partial charge in [0.1, 0.15) is 0 Å². The third kappa shape index (κ3) is 2.32. The summed E-state index contributed by atoms with van der Waals surface area (Å²) in [6, 6.07) is 6.87. The van der Waals surface area contributed by atoms with E-state index in [1.54, 1.807) is 0 Å². The number of hydrogen-bond donors (Lipinski definition) is 2. The first-order valence-electron chi connectivity index (χ1n) is 7.06. The minimum atomic E-state index is 0.0872. The van der Waals surface area contributed by atoms with Crippen LogP contribution >= 0.6 is 0 Å². The van der Waals surface area contributed by atoms with Gasteiger partial charge in [0.15, 0.2) is 0 Å². The van der Waals surface area contributed by atoms with Gasteiger partial charge in [-0.2, -0.15) is 0 Å². The summed E-state index contributed by atoms with van der Waals surface area (Å²) in [4.78, 5) is 13.7. The molecule has 4 nitrogen and oxygen atoms in total. The maximum atomic E-state index is 11.4. The monoisotopic (exact) mass is 259 g/mol. The van der Waals surface area contributed by atoms with Gasteiger partial charge in [-0.3, -0.25) is 4.79 Å². The number of hydrogen-bond acceptors (Lipinski definition) is 3. The highest BCUT2D eigenvalue weighted by molar-refractivity contribution is 5.99. The predicted molar refractivity (Wildman–Crippen MR) is 77.4 cm³/mol. The molecule has 0 spiro atoms. The molecule has 0 bridgehead atoms. The fraction of sp³-hybridized carbons (Fsp3) is 0.533. The number of rotatable bonds is 2. The van der Waals surface area contributed by atoms with Crippen LogP contribution in [0.1, 0.15) is 31.2 Å². The molecule has 1 aromatic rings. The zero-order valence-electron chi connectivity index (χ0n) is 11.4. The fourth-order valence-electron chi connectivity index (χ4n) is 3.25. The van der Waals surface area contributed by atoms with E-state index in [2.05, 4.69) is 29.4 Å². The molecule has 3 rings (SSSR count). The molecule has 0 aromatic heterocycles. The summed E-state index contributed by atoms with van der Waals surface area (Å²) in [5, 5.41) is 2.87. The Balaban J connectivity index is 1.82. The van der Waals surface area contributed by atoms with Gasteiger partial charge in [0.25, 0.3) is 0 Å². The van der Waals surface area contributed by atoms with E-state index >= 15 is 0 Å². The van der Waals surface area contributed by atoms with Crippen LogP contribution in [0.5, 0.6) is 0 Å². The summed E-state index contributed by atoms with van der Waals surface area (Å²) >= 11 is 0. The van der Waals surface area contributed by atoms with Gasteiger partial charge in [-0.1, -0.05) is 12.8 Å². The van der Waals surface area contributed by atoms with Gasteiger partial charge in [0.05, 0.1) is 6.42 Å². The third-order valence-electron chi connectivity index (χ3n) is 4.40. The Morgan fingerprint density at radius 3 is 2.89 bits per heavy atom. The van der Waals surface area contributed by atoms with E-state index < -0.39 is 0 Å². The topological polar surface area (TPSA) is 58.4 Å². The average molecular weight is 259 g/mol. The van der Waals surface area contributed by atoms with Crippen LogP contribution in [-0.4, -0.2) is 25.0 Å². The van der Waals surface area contributed by atoms with Crippen molar-refractivity contribution in [1.29, 1.82) is 0 Å². The molecule has 19 heavy (non-hydrogen) atoms. The van der Waals surface area contributed by atoms with Crippen molar-refractivity contribution >= 4 is 17.3 Å². The van der Waals surface area contributed by atoms with Gasteiger partial charge in [-0.25, -0.2) is 0 Å². The van der Waals surface area contributed by atoms with Gasteiger partial charge in [0, 0.05) is 30.5 Å². The third-order valence-corrected chi connectivity index (χ3v) is 4.40. The van der Waals surface area contributed by atoms with E-state index in [0.717, 1.165) is 29.8 Å². The van der Waals surface area contributed by atoms with Gasteiger partial charge in [0.2, 0.25) is 5.91 Å². The molecular weight excluding hydrogens is 238 g/mol. The van der Waals surface area contributed by atoms with Gasteiger partial charge < -0.3 is 16.0 Å². The Hall–Kier alpha value is -1.55. The van der Waals surface area contributed by atoms with Gasteiger partial charge in [-0.15, -0.1) is 0 Å². The van der Waals surface area contributed by atoms with Crippen LogP contribution in [0.4, 0.5) is 11.4 Å². The number of amides is 1. The van der Waals surface area contributed by atoms with Crippen molar-refractivity contribution in [2.45, 2.75) is 44.2 Å². The second kappa shape index (κ2) is 4.85. The summed E-state index contributed by atoms with van der Waals surface area (Å²) < 4.78 is 0. The zero-order chi connectivity index (χ0) is 13.4. The zero-order valence-corrected chi connectivity index (χ0v) is 11.4. The molecule has 2 atom stereocenters. The lowest BCUT2D eigenvalue weighted by Crippen LogP contribution is -2.48. The van der Waals surface area contributed by atoms with E-state index in [1.165, 1.54) is 12.8 Å². The van der Waals surface area contributed by atoms with Crippen LogP contribution in [0.3, 0.4) is 0 Å². The smallest absolute Gasteiger partial charge is 0.228 e. The van der Waals surface area contributed by atoms with Crippen molar-refractivity contribution in [3.05, 3.63) is 23.8 Å².